The average Bonchev–Trinajstić information content (AvgIpc) is 2.38. The van der Waals surface area contributed by atoms with Crippen LogP contribution < -0.4 is 18.9 Å². The molecule has 0 bridgehead atoms. The SMILES string of the molecule is Cc1cccc(C)c1-c1ccc2cc(O)ccc2n1.[H-].[Li+]. The molecule has 0 amide bonds. The Bertz CT molecular complexity index is 754. The molecular formula is C17H16LiNO. The fourth-order valence-electron chi connectivity index (χ4n) is 2.47. The monoisotopic (exact) mass is 257 g/mol. The predicted octanol–water partition coefficient (Wildman–Crippen LogP) is 1.34. The van der Waals surface area contributed by atoms with E-state index in [0.717, 1.165) is 16.6 Å². The van der Waals surface area contributed by atoms with Gasteiger partial charge in [-0.25, -0.2) is 4.98 Å². The number of aromatic hydroxyl groups is 1. The van der Waals surface area contributed by atoms with Gasteiger partial charge in [0.1, 0.15) is 5.75 Å². The molecule has 0 atom stereocenters. The van der Waals surface area contributed by atoms with E-state index in [1.807, 2.05) is 18.2 Å². The summed E-state index contributed by atoms with van der Waals surface area (Å²) in [6, 6.07) is 15.5. The Morgan fingerprint density at radius 1 is 0.950 bits per heavy atom. The van der Waals surface area contributed by atoms with Gasteiger partial charge in [-0.05, 0) is 49.2 Å². The maximum Gasteiger partial charge on any atom is 1.00 e. The number of pyridine rings is 1. The molecule has 0 aliphatic carbocycles. The van der Waals surface area contributed by atoms with Gasteiger partial charge in [0.25, 0.3) is 0 Å². The van der Waals surface area contributed by atoms with E-state index in [-0.39, 0.29) is 26.0 Å². The van der Waals surface area contributed by atoms with E-state index in [0.29, 0.717) is 0 Å². The van der Waals surface area contributed by atoms with Crippen LogP contribution in [-0.4, -0.2) is 10.1 Å². The number of hydrogen-bond acceptors (Lipinski definition) is 2. The number of aryl methyl sites for hydroxylation is 2. The summed E-state index contributed by atoms with van der Waals surface area (Å²) < 4.78 is 0. The molecule has 0 saturated heterocycles. The first-order valence-electron chi connectivity index (χ1n) is 6.31. The summed E-state index contributed by atoms with van der Waals surface area (Å²) in [6.07, 6.45) is 0. The molecule has 2 aromatic carbocycles. The molecule has 1 N–H and O–H groups in total. The first kappa shape index (κ1) is 14.7. The largest absolute Gasteiger partial charge is 1.00 e. The smallest absolute Gasteiger partial charge is 1.00 e. The first-order valence-corrected chi connectivity index (χ1v) is 6.31. The molecule has 3 aromatic rings. The van der Waals surface area contributed by atoms with Gasteiger partial charge in [-0.15, -0.1) is 0 Å². The summed E-state index contributed by atoms with van der Waals surface area (Å²) in [5.41, 5.74) is 5.53. The maximum absolute atomic E-state index is 9.48. The number of aromatic nitrogens is 1. The fraction of sp³-hybridized carbons (Fsp3) is 0.118. The third-order valence-corrected chi connectivity index (χ3v) is 3.41. The van der Waals surface area contributed by atoms with Crippen LogP contribution in [0.2, 0.25) is 0 Å². The molecule has 1 heterocycles. The quantitative estimate of drug-likeness (QED) is 0.667. The fourth-order valence-corrected chi connectivity index (χ4v) is 2.47. The van der Waals surface area contributed by atoms with Crippen molar-refractivity contribution in [2.45, 2.75) is 13.8 Å². The van der Waals surface area contributed by atoms with Crippen molar-refractivity contribution >= 4 is 10.9 Å². The number of phenolic OH excluding ortho intramolecular Hbond substituents is 1. The van der Waals surface area contributed by atoms with E-state index in [1.165, 1.54) is 16.7 Å². The summed E-state index contributed by atoms with van der Waals surface area (Å²) in [4.78, 5) is 4.70. The van der Waals surface area contributed by atoms with Crippen molar-refractivity contribution < 1.29 is 25.4 Å². The zero-order valence-electron chi connectivity index (χ0n) is 13.0. The second-order valence-electron chi connectivity index (χ2n) is 4.84. The van der Waals surface area contributed by atoms with E-state index in [9.17, 15) is 5.11 Å². The van der Waals surface area contributed by atoms with Crippen molar-refractivity contribution in [3.63, 3.8) is 0 Å². The zero-order valence-corrected chi connectivity index (χ0v) is 12.0. The van der Waals surface area contributed by atoms with Gasteiger partial charge in [0.2, 0.25) is 0 Å². The molecule has 3 heteroatoms. The summed E-state index contributed by atoms with van der Waals surface area (Å²) in [5.74, 6) is 0.272. The topological polar surface area (TPSA) is 33.1 Å². The van der Waals surface area contributed by atoms with Gasteiger partial charge >= 0.3 is 18.9 Å². The molecule has 3 rings (SSSR count). The van der Waals surface area contributed by atoms with Crippen molar-refractivity contribution in [2.24, 2.45) is 0 Å². The van der Waals surface area contributed by atoms with Gasteiger partial charge < -0.3 is 6.53 Å². The Kier molecular flexibility index (Phi) is 4.18. The van der Waals surface area contributed by atoms with Crippen molar-refractivity contribution in [3.8, 4) is 17.0 Å². The van der Waals surface area contributed by atoms with E-state index in [1.54, 1.807) is 12.1 Å². The van der Waals surface area contributed by atoms with Crippen LogP contribution in [0.3, 0.4) is 0 Å². The number of phenols is 1. The van der Waals surface area contributed by atoms with Gasteiger partial charge in [-0.2, -0.15) is 0 Å². The van der Waals surface area contributed by atoms with Crippen LogP contribution in [0.1, 0.15) is 12.6 Å². The predicted molar refractivity (Wildman–Crippen MR) is 79.4 cm³/mol. The maximum atomic E-state index is 9.48. The Hall–Kier alpha value is -1.75. The van der Waals surface area contributed by atoms with Crippen LogP contribution >= 0.6 is 0 Å². The Labute approximate surface area is 132 Å². The second-order valence-corrected chi connectivity index (χ2v) is 4.84. The van der Waals surface area contributed by atoms with Crippen LogP contribution in [0, 0.1) is 13.8 Å². The van der Waals surface area contributed by atoms with Crippen molar-refractivity contribution in [3.05, 3.63) is 59.7 Å². The average molecular weight is 257 g/mol. The van der Waals surface area contributed by atoms with Crippen LogP contribution in [-0.2, 0) is 0 Å². The summed E-state index contributed by atoms with van der Waals surface area (Å²) >= 11 is 0. The summed E-state index contributed by atoms with van der Waals surface area (Å²) in [5, 5.41) is 10.4. The van der Waals surface area contributed by atoms with E-state index in [2.05, 4.69) is 32.0 Å². The van der Waals surface area contributed by atoms with E-state index in [4.69, 9.17) is 4.98 Å². The minimum Gasteiger partial charge on any atom is -1.00 e. The number of fused-ring (bicyclic) bond motifs is 1. The number of rotatable bonds is 1. The van der Waals surface area contributed by atoms with Crippen molar-refractivity contribution in [1.82, 2.24) is 4.98 Å². The molecule has 0 saturated carbocycles. The van der Waals surface area contributed by atoms with E-state index >= 15 is 0 Å². The molecule has 0 aliphatic heterocycles. The van der Waals surface area contributed by atoms with Gasteiger partial charge in [-0.1, -0.05) is 24.3 Å². The molecule has 0 fully saturated rings. The molecule has 20 heavy (non-hydrogen) atoms. The van der Waals surface area contributed by atoms with Crippen LogP contribution in [0.4, 0.5) is 0 Å². The first-order chi connectivity index (χ1) is 9.15. The summed E-state index contributed by atoms with van der Waals surface area (Å²) in [7, 11) is 0. The van der Waals surface area contributed by atoms with Gasteiger partial charge in [-0.3, -0.25) is 0 Å². The number of hydrogen-bond donors (Lipinski definition) is 1. The van der Waals surface area contributed by atoms with Gasteiger partial charge in [0, 0.05) is 10.9 Å². The van der Waals surface area contributed by atoms with Crippen LogP contribution in [0.25, 0.3) is 22.2 Å². The second kappa shape index (κ2) is 5.71. The van der Waals surface area contributed by atoms with Gasteiger partial charge in [0.05, 0.1) is 11.2 Å². The zero-order chi connectivity index (χ0) is 13.4. The Morgan fingerprint density at radius 2 is 1.65 bits per heavy atom. The molecule has 0 unspecified atom stereocenters. The van der Waals surface area contributed by atoms with Crippen LogP contribution in [0.5, 0.6) is 5.75 Å². The molecule has 1 aromatic heterocycles. The Morgan fingerprint density at radius 3 is 2.35 bits per heavy atom. The minimum absolute atomic E-state index is 0. The summed E-state index contributed by atoms with van der Waals surface area (Å²) in [6.45, 7) is 4.20. The normalized spacial score (nSPS) is 10.3. The van der Waals surface area contributed by atoms with Crippen molar-refractivity contribution in [2.75, 3.05) is 0 Å². The van der Waals surface area contributed by atoms with Crippen molar-refractivity contribution in [1.29, 1.82) is 0 Å². The van der Waals surface area contributed by atoms with Crippen LogP contribution in [0.15, 0.2) is 48.5 Å². The molecule has 0 spiro atoms. The molecular weight excluding hydrogens is 241 g/mol. The molecule has 96 valence electrons. The number of benzene rings is 2. The third kappa shape index (κ3) is 2.58. The third-order valence-electron chi connectivity index (χ3n) is 3.41. The Balaban J connectivity index is 0.00000110. The molecule has 0 aliphatic rings. The van der Waals surface area contributed by atoms with Gasteiger partial charge in [0.15, 0.2) is 0 Å². The standard InChI is InChI=1S/C17H15NO.Li.H/c1-11-4-3-5-12(2)17(11)16-8-6-13-10-14(19)7-9-15(13)18-16;;/h3-10,19H,1-2H3;;/q;+1;-1. The molecule has 2 nitrogen and oxygen atoms in total. The van der Waals surface area contributed by atoms with E-state index < -0.39 is 0 Å². The molecule has 0 radical (unpaired) electrons. The minimum atomic E-state index is 0. The number of nitrogens with zero attached hydrogens (tertiary/aromatic N) is 1.